The van der Waals surface area contributed by atoms with Gasteiger partial charge in [0.2, 0.25) is 6.21 Å². The van der Waals surface area contributed by atoms with Crippen LogP contribution in [0.4, 0.5) is 0 Å². The van der Waals surface area contributed by atoms with Gasteiger partial charge in [-0.25, -0.2) is 0 Å². The second kappa shape index (κ2) is 5.09. The Morgan fingerprint density at radius 1 is 1.67 bits per heavy atom. The van der Waals surface area contributed by atoms with Crippen LogP contribution in [0.25, 0.3) is 0 Å². The Morgan fingerprint density at radius 2 is 2.33 bits per heavy atom. The lowest BCUT2D eigenvalue weighted by Crippen LogP contribution is -2.66. The van der Waals surface area contributed by atoms with Gasteiger partial charge >= 0.3 is 0 Å². The van der Waals surface area contributed by atoms with Crippen LogP contribution in [0.5, 0.6) is 0 Å². The Balaban J connectivity index is 3.74. The lowest BCUT2D eigenvalue weighted by atomic mass is 10.3. The Bertz CT molecular complexity index is 136. The summed E-state index contributed by atoms with van der Waals surface area (Å²) >= 11 is 0. The zero-order chi connectivity index (χ0) is 7.11. The molecule has 0 saturated carbocycles. The Kier molecular flexibility index (Phi) is 4.50. The molecule has 0 aromatic carbocycles. The zero-order valence-electron chi connectivity index (χ0n) is 5.85. The maximum absolute atomic E-state index is 4.58. The molecule has 50 valence electrons. The molecule has 0 spiro atoms. The van der Waals surface area contributed by atoms with E-state index >= 15 is 0 Å². The molecule has 1 N–H and O–H groups in total. The van der Waals surface area contributed by atoms with Crippen LogP contribution in [0.15, 0.2) is 24.3 Å². The van der Waals surface area contributed by atoms with E-state index in [2.05, 4.69) is 16.6 Å². The highest BCUT2D eigenvalue weighted by Crippen LogP contribution is 1.82. The van der Waals surface area contributed by atoms with E-state index in [0.717, 1.165) is 5.57 Å². The van der Waals surface area contributed by atoms with Crippen molar-refractivity contribution in [1.82, 2.24) is 0 Å². The van der Waals surface area contributed by atoms with E-state index < -0.39 is 0 Å². The molecule has 0 atom stereocenters. The van der Waals surface area contributed by atoms with E-state index in [0.29, 0.717) is 0 Å². The molecule has 0 bridgehead atoms. The van der Waals surface area contributed by atoms with Crippen molar-refractivity contribution in [2.75, 3.05) is 7.11 Å². The molecule has 9 heavy (non-hydrogen) atoms. The second-order valence-corrected chi connectivity index (χ2v) is 1.61. The van der Waals surface area contributed by atoms with Gasteiger partial charge in [0.1, 0.15) is 7.11 Å². The van der Waals surface area contributed by atoms with Crippen LogP contribution in [0.2, 0.25) is 0 Å². The molecule has 2 heteroatoms. The second-order valence-electron chi connectivity index (χ2n) is 1.61. The van der Waals surface area contributed by atoms with Crippen molar-refractivity contribution in [2.24, 2.45) is 0 Å². The molecular weight excluding hydrogens is 114 g/mol. The summed E-state index contributed by atoms with van der Waals surface area (Å²) in [6.45, 7) is 5.50. The topological polar surface area (TPSA) is 23.2 Å². The summed E-state index contributed by atoms with van der Waals surface area (Å²) < 4.78 is 0. The minimum atomic E-state index is 1.08. The van der Waals surface area contributed by atoms with Gasteiger partial charge in [0.25, 0.3) is 0 Å². The van der Waals surface area contributed by atoms with Gasteiger partial charge in [0.05, 0.1) is 0 Å². The predicted molar refractivity (Wildman–Crippen MR) is 38.0 cm³/mol. The van der Waals surface area contributed by atoms with Crippen LogP contribution < -0.4 is 5.16 Å². The minimum absolute atomic E-state index is 1.08. The zero-order valence-corrected chi connectivity index (χ0v) is 5.85. The summed E-state index contributed by atoms with van der Waals surface area (Å²) in [5, 5.41) is 2.59. The number of rotatable bonds is 3. The molecule has 0 aliphatic heterocycles. The first-order valence-electron chi connectivity index (χ1n) is 2.72. The molecule has 0 aromatic rings. The maximum atomic E-state index is 4.58. The SMILES string of the molecule is C=C/C=C(C)\C=[NH+]\OC. The summed E-state index contributed by atoms with van der Waals surface area (Å²) in [6.07, 6.45) is 5.36. The van der Waals surface area contributed by atoms with Crippen molar-refractivity contribution in [3.05, 3.63) is 24.3 Å². The third-order valence-corrected chi connectivity index (χ3v) is 0.785. The molecule has 0 amide bonds. The Hall–Kier alpha value is -1.05. The van der Waals surface area contributed by atoms with E-state index in [9.17, 15) is 0 Å². The van der Waals surface area contributed by atoms with Crippen molar-refractivity contribution in [1.29, 1.82) is 0 Å². The number of hydrogen-bond donors (Lipinski definition) is 1. The fraction of sp³-hybridized carbons (Fsp3) is 0.286. The Labute approximate surface area is 55.5 Å². The smallest absolute Gasteiger partial charge is 0.215 e. The lowest BCUT2D eigenvalue weighted by Gasteiger charge is -1.79. The minimum Gasteiger partial charge on any atom is -0.282 e. The average molecular weight is 126 g/mol. The number of nitrogens with one attached hydrogen (secondary N) is 1. The maximum Gasteiger partial charge on any atom is 0.215 e. The van der Waals surface area contributed by atoms with Crippen LogP contribution in [0.1, 0.15) is 6.92 Å². The molecule has 0 rings (SSSR count). The highest BCUT2D eigenvalue weighted by molar-refractivity contribution is 5.72. The van der Waals surface area contributed by atoms with E-state index in [1.54, 1.807) is 19.4 Å². The first kappa shape index (κ1) is 7.95. The number of allylic oxidation sites excluding steroid dienone is 3. The van der Waals surface area contributed by atoms with Crippen molar-refractivity contribution in [2.45, 2.75) is 6.92 Å². The van der Waals surface area contributed by atoms with Gasteiger partial charge in [0, 0.05) is 5.57 Å². The van der Waals surface area contributed by atoms with Crippen LogP contribution >= 0.6 is 0 Å². The highest BCUT2D eigenvalue weighted by atomic mass is 16.6. The predicted octanol–water partition coefficient (Wildman–Crippen LogP) is -0.169. The van der Waals surface area contributed by atoms with Gasteiger partial charge in [-0.2, -0.15) is 0 Å². The molecule has 2 nitrogen and oxygen atoms in total. The van der Waals surface area contributed by atoms with Crippen molar-refractivity contribution in [3.63, 3.8) is 0 Å². The normalized spacial score (nSPS) is 12.0. The molecule has 0 aliphatic carbocycles. The first-order chi connectivity index (χ1) is 4.31. The molecule has 0 heterocycles. The Morgan fingerprint density at radius 3 is 2.78 bits per heavy atom. The van der Waals surface area contributed by atoms with Gasteiger partial charge in [-0.3, -0.25) is 4.84 Å². The summed E-state index contributed by atoms with van der Waals surface area (Å²) in [7, 11) is 1.57. The average Bonchev–Trinajstić information content (AvgIpc) is 1.85. The third kappa shape index (κ3) is 4.81. The monoisotopic (exact) mass is 126 g/mol. The quantitative estimate of drug-likeness (QED) is 0.317. The fourth-order valence-electron chi connectivity index (χ4n) is 0.386. The molecule has 0 aliphatic rings. The summed E-state index contributed by atoms with van der Waals surface area (Å²) in [5.41, 5.74) is 1.08. The summed E-state index contributed by atoms with van der Waals surface area (Å²) in [6, 6.07) is 0. The van der Waals surface area contributed by atoms with Crippen LogP contribution in [-0.4, -0.2) is 13.3 Å². The van der Waals surface area contributed by atoms with Gasteiger partial charge < -0.3 is 0 Å². The van der Waals surface area contributed by atoms with Crippen molar-refractivity contribution >= 4 is 6.21 Å². The van der Waals surface area contributed by atoms with Gasteiger partial charge in [-0.15, -0.1) is 0 Å². The molecule has 0 fully saturated rings. The van der Waals surface area contributed by atoms with Crippen molar-refractivity contribution < 1.29 is 9.99 Å². The standard InChI is InChI=1S/C7H11NO/c1-4-5-7(2)6-8-9-3/h4-6H,1H2,2-3H3/p+1/b7-5-,8-6+. The molecule has 0 unspecified atom stereocenters. The van der Waals surface area contributed by atoms with Crippen LogP contribution in [0, 0.1) is 0 Å². The number of hydrogen-bond acceptors (Lipinski definition) is 1. The summed E-state index contributed by atoms with van der Waals surface area (Å²) in [5.74, 6) is 0. The van der Waals surface area contributed by atoms with Gasteiger partial charge in [-0.05, 0) is 12.1 Å². The molecule has 0 saturated heterocycles. The fourth-order valence-corrected chi connectivity index (χ4v) is 0.386. The lowest BCUT2D eigenvalue weighted by molar-refractivity contribution is -0.740. The van der Waals surface area contributed by atoms with E-state index in [-0.39, 0.29) is 0 Å². The third-order valence-electron chi connectivity index (χ3n) is 0.785. The molecule has 0 aromatic heterocycles. The van der Waals surface area contributed by atoms with Gasteiger partial charge in [-0.1, -0.05) is 18.7 Å². The van der Waals surface area contributed by atoms with Crippen LogP contribution in [-0.2, 0) is 4.84 Å². The van der Waals surface area contributed by atoms with Gasteiger partial charge in [0.15, 0.2) is 0 Å². The van der Waals surface area contributed by atoms with E-state index in [1.165, 1.54) is 0 Å². The van der Waals surface area contributed by atoms with E-state index in [1.807, 2.05) is 13.0 Å². The largest absolute Gasteiger partial charge is 0.282 e. The first-order valence-corrected chi connectivity index (χ1v) is 2.72. The van der Waals surface area contributed by atoms with Crippen molar-refractivity contribution in [3.8, 4) is 0 Å². The molecule has 0 radical (unpaired) electrons. The summed E-state index contributed by atoms with van der Waals surface area (Å²) in [4.78, 5) is 4.58. The molecular formula is C7H12NO+. The van der Waals surface area contributed by atoms with Crippen LogP contribution in [0.3, 0.4) is 0 Å². The van der Waals surface area contributed by atoms with E-state index in [4.69, 9.17) is 0 Å². The highest BCUT2D eigenvalue weighted by Gasteiger charge is 1.82.